The van der Waals surface area contributed by atoms with E-state index < -0.39 is 5.97 Å². The van der Waals surface area contributed by atoms with Gasteiger partial charge in [0.2, 0.25) is 0 Å². The molecule has 0 saturated carbocycles. The van der Waals surface area contributed by atoms with Crippen LogP contribution in [0.15, 0.2) is 55.4 Å². The van der Waals surface area contributed by atoms with Crippen LogP contribution in [0.2, 0.25) is 0 Å². The number of benzene rings is 1. The van der Waals surface area contributed by atoms with Crippen molar-refractivity contribution >= 4 is 56.5 Å². The highest BCUT2D eigenvalue weighted by Crippen LogP contribution is 2.29. The third-order valence-electron chi connectivity index (χ3n) is 2.86. The van der Waals surface area contributed by atoms with Crippen molar-refractivity contribution in [3.05, 3.63) is 57.3 Å². The number of para-hydroxylation sites is 1. The number of carboxylic acids is 1. The lowest BCUT2D eigenvalue weighted by Crippen LogP contribution is -2.23. The second-order valence-electron chi connectivity index (χ2n) is 4.43. The van der Waals surface area contributed by atoms with E-state index in [-0.39, 0.29) is 17.2 Å². The lowest BCUT2D eigenvalue weighted by Gasteiger charge is -2.06. The smallest absolute Gasteiger partial charge is 0.264 e. The van der Waals surface area contributed by atoms with Gasteiger partial charge in [-0.1, -0.05) is 18.2 Å². The number of thioether (sulfide) groups is 1. The van der Waals surface area contributed by atoms with Gasteiger partial charge in [-0.25, -0.2) is 4.99 Å². The maximum Gasteiger partial charge on any atom is 0.264 e. The van der Waals surface area contributed by atoms with Crippen LogP contribution < -0.4 is 10.4 Å². The lowest BCUT2D eigenvalue weighted by atomic mass is 10.2. The van der Waals surface area contributed by atoms with Crippen LogP contribution in [-0.4, -0.2) is 17.0 Å². The zero-order valence-corrected chi connectivity index (χ0v) is 13.8. The number of hydrogen-bond acceptors (Lipinski definition) is 6. The molecule has 1 aromatic carbocycles. The molecule has 1 aliphatic heterocycles. The number of amidine groups is 1. The average Bonchev–Trinajstić information content (AvgIpc) is 3.06. The van der Waals surface area contributed by atoms with Crippen molar-refractivity contribution in [2.75, 3.05) is 0 Å². The quantitative estimate of drug-likeness (QED) is 0.809. The summed E-state index contributed by atoms with van der Waals surface area (Å²) < 4.78 is 5.88. The Morgan fingerprint density at radius 1 is 1.30 bits per heavy atom. The van der Waals surface area contributed by atoms with Crippen molar-refractivity contribution < 1.29 is 19.1 Å². The molecule has 23 heavy (non-hydrogen) atoms. The van der Waals surface area contributed by atoms with Gasteiger partial charge in [-0.15, -0.1) is 0 Å². The number of nitrogens with one attached hydrogen (secondary N) is 1. The molecule has 3 rings (SSSR count). The summed E-state index contributed by atoms with van der Waals surface area (Å²) >= 11 is 4.29. The Kier molecular flexibility index (Phi) is 4.35. The minimum Gasteiger partial charge on any atom is -0.545 e. The first-order chi connectivity index (χ1) is 11.0. The van der Waals surface area contributed by atoms with Crippen LogP contribution >= 0.6 is 27.7 Å². The van der Waals surface area contributed by atoms with Crippen LogP contribution in [0.25, 0.3) is 6.08 Å². The number of halogens is 1. The van der Waals surface area contributed by atoms with Crippen LogP contribution in [0, 0.1) is 0 Å². The topological polar surface area (TPSA) is 94.7 Å². The number of nitrogens with zero attached hydrogens (tertiary/aromatic N) is 1. The largest absolute Gasteiger partial charge is 0.545 e. The number of rotatable bonds is 3. The predicted molar refractivity (Wildman–Crippen MR) is 88.0 cm³/mol. The number of carbonyl (C=O) groups is 2. The molecule has 1 saturated heterocycles. The van der Waals surface area contributed by atoms with Crippen molar-refractivity contribution in [2.24, 2.45) is 4.99 Å². The molecule has 1 fully saturated rings. The van der Waals surface area contributed by atoms with E-state index in [9.17, 15) is 14.7 Å². The Bertz CT molecular complexity index is 857. The summed E-state index contributed by atoms with van der Waals surface area (Å²) in [5.41, 5.74) is 0.180. The van der Waals surface area contributed by atoms with Gasteiger partial charge in [0.05, 0.1) is 16.6 Å². The van der Waals surface area contributed by atoms with E-state index in [1.54, 1.807) is 30.3 Å². The summed E-state index contributed by atoms with van der Waals surface area (Å²) in [5, 5.41) is 13.9. The van der Waals surface area contributed by atoms with Crippen molar-refractivity contribution in [1.82, 2.24) is 5.32 Å². The first kappa shape index (κ1) is 15.6. The summed E-state index contributed by atoms with van der Waals surface area (Å²) in [7, 11) is 0. The molecule has 8 heteroatoms. The Morgan fingerprint density at radius 3 is 2.78 bits per heavy atom. The van der Waals surface area contributed by atoms with Gasteiger partial charge in [-0.3, -0.25) is 4.79 Å². The van der Waals surface area contributed by atoms with Crippen LogP contribution in [0.5, 0.6) is 0 Å². The van der Waals surface area contributed by atoms with E-state index in [1.165, 1.54) is 12.1 Å². The zero-order chi connectivity index (χ0) is 16.4. The van der Waals surface area contributed by atoms with Gasteiger partial charge in [0.1, 0.15) is 5.76 Å². The molecule has 0 unspecified atom stereocenters. The molecular formula is C15H8BrN2O4S-. The Morgan fingerprint density at radius 2 is 2.09 bits per heavy atom. The Balaban J connectivity index is 1.88. The van der Waals surface area contributed by atoms with Crippen LogP contribution in [0.3, 0.4) is 0 Å². The molecule has 0 atom stereocenters. The minimum absolute atomic E-state index is 0.0396. The van der Waals surface area contributed by atoms with E-state index in [2.05, 4.69) is 26.2 Å². The van der Waals surface area contributed by atoms with Gasteiger partial charge in [-0.05, 0) is 45.9 Å². The number of carbonyl (C=O) groups excluding carboxylic acids is 2. The van der Waals surface area contributed by atoms with Gasteiger partial charge >= 0.3 is 0 Å². The highest BCUT2D eigenvalue weighted by Gasteiger charge is 2.24. The number of carboxylic acid groups (broad SMARTS) is 1. The van der Waals surface area contributed by atoms with Gasteiger partial charge in [0.25, 0.3) is 5.91 Å². The molecule has 116 valence electrons. The Labute approximate surface area is 143 Å². The SMILES string of the molecule is O=C1NC(=Nc2ccccc2C(=O)[O-])S/C1=C/c1ccc(Br)o1. The summed E-state index contributed by atoms with van der Waals surface area (Å²) in [4.78, 5) is 27.6. The molecule has 2 aromatic rings. The second-order valence-corrected chi connectivity index (χ2v) is 6.24. The number of amides is 1. The normalized spacial score (nSPS) is 17.7. The monoisotopic (exact) mass is 391 g/mol. The number of aromatic carboxylic acids is 1. The van der Waals surface area contributed by atoms with Crippen molar-refractivity contribution in [3.63, 3.8) is 0 Å². The highest BCUT2D eigenvalue weighted by molar-refractivity contribution is 9.10. The average molecular weight is 392 g/mol. The third kappa shape index (κ3) is 3.54. The predicted octanol–water partition coefficient (Wildman–Crippen LogP) is 2.30. The first-order valence-electron chi connectivity index (χ1n) is 6.38. The Hall–Kier alpha value is -2.32. The van der Waals surface area contributed by atoms with E-state index in [0.29, 0.717) is 20.5 Å². The molecule has 1 aromatic heterocycles. The van der Waals surface area contributed by atoms with Gasteiger partial charge < -0.3 is 19.6 Å². The molecular weight excluding hydrogens is 384 g/mol. The first-order valence-corrected chi connectivity index (χ1v) is 7.99. The van der Waals surface area contributed by atoms with Gasteiger partial charge in [-0.2, -0.15) is 0 Å². The van der Waals surface area contributed by atoms with Crippen LogP contribution in [0.1, 0.15) is 16.1 Å². The lowest BCUT2D eigenvalue weighted by molar-refractivity contribution is -0.254. The van der Waals surface area contributed by atoms with Crippen molar-refractivity contribution in [3.8, 4) is 0 Å². The molecule has 0 radical (unpaired) electrons. The van der Waals surface area contributed by atoms with E-state index >= 15 is 0 Å². The minimum atomic E-state index is -1.32. The molecule has 1 aliphatic rings. The van der Waals surface area contributed by atoms with Gasteiger partial charge in [0.15, 0.2) is 9.84 Å². The summed E-state index contributed by atoms with van der Waals surface area (Å²) in [6.07, 6.45) is 1.58. The van der Waals surface area contributed by atoms with Crippen LogP contribution in [0.4, 0.5) is 5.69 Å². The van der Waals surface area contributed by atoms with E-state index in [4.69, 9.17) is 4.42 Å². The highest BCUT2D eigenvalue weighted by atomic mass is 79.9. The van der Waals surface area contributed by atoms with Crippen molar-refractivity contribution in [2.45, 2.75) is 0 Å². The summed E-state index contributed by atoms with van der Waals surface area (Å²) in [6, 6.07) is 9.60. The maximum atomic E-state index is 11.9. The van der Waals surface area contributed by atoms with Crippen LogP contribution in [-0.2, 0) is 4.79 Å². The third-order valence-corrected chi connectivity index (χ3v) is 4.20. The fourth-order valence-electron chi connectivity index (χ4n) is 1.87. The molecule has 6 nitrogen and oxygen atoms in total. The van der Waals surface area contributed by atoms with Gasteiger partial charge in [0, 0.05) is 11.6 Å². The molecule has 2 heterocycles. The number of aliphatic imine (C=N–C) groups is 1. The van der Waals surface area contributed by atoms with E-state index in [0.717, 1.165) is 11.8 Å². The number of furan rings is 1. The molecule has 1 N–H and O–H groups in total. The number of hydrogen-bond donors (Lipinski definition) is 1. The van der Waals surface area contributed by atoms with E-state index in [1.807, 2.05) is 0 Å². The standard InChI is InChI=1S/C15H9BrN2O4S/c16-12-6-5-8(22-12)7-11-13(19)18-15(23-11)17-10-4-2-1-3-9(10)14(20)21/h1-7H,(H,20,21)(H,17,18,19)/p-1/b11-7+. The molecule has 1 amide bonds. The molecule has 0 bridgehead atoms. The van der Waals surface area contributed by atoms with Crippen molar-refractivity contribution in [1.29, 1.82) is 0 Å². The fourth-order valence-corrected chi connectivity index (χ4v) is 3.00. The second kappa shape index (κ2) is 6.43. The molecule has 0 aliphatic carbocycles. The summed E-state index contributed by atoms with van der Waals surface area (Å²) in [5.74, 6) is -1.13. The molecule has 0 spiro atoms. The fraction of sp³-hybridized carbons (Fsp3) is 0. The zero-order valence-electron chi connectivity index (χ0n) is 11.4. The summed E-state index contributed by atoms with van der Waals surface area (Å²) in [6.45, 7) is 0. The maximum absolute atomic E-state index is 11.9.